The second kappa shape index (κ2) is 7.55. The molecule has 2 aliphatic heterocycles. The third kappa shape index (κ3) is 3.64. The van der Waals surface area contributed by atoms with Gasteiger partial charge in [0.15, 0.2) is 0 Å². The molecule has 2 fully saturated rings. The Morgan fingerprint density at radius 2 is 2.00 bits per heavy atom. The van der Waals surface area contributed by atoms with Gasteiger partial charge in [-0.1, -0.05) is 0 Å². The van der Waals surface area contributed by atoms with Gasteiger partial charge in [-0.2, -0.15) is 5.10 Å². The quantitative estimate of drug-likeness (QED) is 0.909. The molecule has 0 spiro atoms. The number of rotatable bonds is 4. The minimum atomic E-state index is -0.248. The van der Waals surface area contributed by atoms with Crippen LogP contribution in [0.15, 0.2) is 30.5 Å². The van der Waals surface area contributed by atoms with Crippen LogP contribution in [0.25, 0.3) is 11.3 Å². The number of halogens is 1. The molecule has 0 unspecified atom stereocenters. The largest absolute Gasteiger partial charge is 0.368 e. The number of H-pyrrole nitrogens is 1. The molecule has 2 aromatic rings. The molecule has 1 amide bonds. The third-order valence-electron chi connectivity index (χ3n) is 5.13. The molecule has 7 heteroatoms. The molecule has 2 aliphatic rings. The molecular formula is C19H23FN4O2. The topological polar surface area (TPSA) is 61.5 Å². The van der Waals surface area contributed by atoms with Crippen LogP contribution in [-0.2, 0) is 16.1 Å². The molecule has 26 heavy (non-hydrogen) atoms. The van der Waals surface area contributed by atoms with Gasteiger partial charge < -0.3 is 9.64 Å². The molecule has 4 rings (SSSR count). The zero-order valence-corrected chi connectivity index (χ0v) is 14.7. The molecule has 6 nitrogen and oxygen atoms in total. The molecular weight excluding hydrogens is 335 g/mol. The van der Waals surface area contributed by atoms with E-state index in [0.717, 1.165) is 62.4 Å². The molecule has 0 radical (unpaired) electrons. The summed E-state index contributed by atoms with van der Waals surface area (Å²) in [6.07, 6.45) is 3.40. The fourth-order valence-electron chi connectivity index (χ4n) is 3.64. The van der Waals surface area contributed by atoms with Crippen LogP contribution in [0.1, 0.15) is 18.4 Å². The summed E-state index contributed by atoms with van der Waals surface area (Å²) in [5, 5.41) is 7.17. The van der Waals surface area contributed by atoms with Gasteiger partial charge in [-0.15, -0.1) is 0 Å². The number of hydrogen-bond donors (Lipinski definition) is 1. The number of aromatic amines is 1. The number of nitrogens with one attached hydrogen (secondary N) is 1. The highest BCUT2D eigenvalue weighted by atomic mass is 19.1. The van der Waals surface area contributed by atoms with Gasteiger partial charge >= 0.3 is 0 Å². The second-order valence-corrected chi connectivity index (χ2v) is 6.88. The fraction of sp³-hybridized carbons (Fsp3) is 0.474. The Morgan fingerprint density at radius 3 is 2.69 bits per heavy atom. The molecule has 1 atom stereocenters. The summed E-state index contributed by atoms with van der Waals surface area (Å²) < 4.78 is 18.6. The van der Waals surface area contributed by atoms with Crippen molar-refractivity contribution in [3.63, 3.8) is 0 Å². The smallest absolute Gasteiger partial charge is 0.251 e. The standard InChI is InChI=1S/C19H23FN4O2/c20-16-5-3-14(4-6-16)18-15(12-21-22-18)13-23-7-9-24(10-8-23)19(25)17-2-1-11-26-17/h3-6,12,17H,1-2,7-11,13H2,(H,21,22)/t17-/m1/s1. The molecule has 1 aromatic carbocycles. The van der Waals surface area contributed by atoms with E-state index in [9.17, 15) is 9.18 Å². The molecule has 3 heterocycles. The highest BCUT2D eigenvalue weighted by molar-refractivity contribution is 5.81. The van der Waals surface area contributed by atoms with Crippen LogP contribution < -0.4 is 0 Å². The Labute approximate surface area is 151 Å². The lowest BCUT2D eigenvalue weighted by Gasteiger charge is -2.35. The Hall–Kier alpha value is -2.25. The zero-order valence-electron chi connectivity index (χ0n) is 14.7. The van der Waals surface area contributed by atoms with E-state index in [4.69, 9.17) is 4.74 Å². The van der Waals surface area contributed by atoms with Crippen molar-refractivity contribution in [1.82, 2.24) is 20.0 Å². The number of aromatic nitrogens is 2. The van der Waals surface area contributed by atoms with Crippen LogP contribution in [0.4, 0.5) is 4.39 Å². The first kappa shape index (κ1) is 17.2. The minimum absolute atomic E-state index is 0.137. The van der Waals surface area contributed by atoms with E-state index in [1.807, 2.05) is 11.1 Å². The van der Waals surface area contributed by atoms with Gasteiger partial charge in [0.1, 0.15) is 11.9 Å². The van der Waals surface area contributed by atoms with E-state index in [2.05, 4.69) is 15.1 Å². The minimum Gasteiger partial charge on any atom is -0.368 e. The van der Waals surface area contributed by atoms with E-state index < -0.39 is 0 Å². The van der Waals surface area contributed by atoms with Gasteiger partial charge in [-0.25, -0.2) is 4.39 Å². The van der Waals surface area contributed by atoms with Crippen molar-refractivity contribution < 1.29 is 13.9 Å². The van der Waals surface area contributed by atoms with Crippen molar-refractivity contribution in [3.8, 4) is 11.3 Å². The van der Waals surface area contributed by atoms with Crippen LogP contribution in [0, 0.1) is 5.82 Å². The number of benzene rings is 1. The van der Waals surface area contributed by atoms with Crippen LogP contribution in [0.5, 0.6) is 0 Å². The van der Waals surface area contributed by atoms with E-state index in [1.54, 1.807) is 12.1 Å². The maximum Gasteiger partial charge on any atom is 0.251 e. The number of carbonyl (C=O) groups excluding carboxylic acids is 1. The predicted molar refractivity (Wildman–Crippen MR) is 94.8 cm³/mol. The average molecular weight is 358 g/mol. The van der Waals surface area contributed by atoms with Crippen molar-refractivity contribution in [2.45, 2.75) is 25.5 Å². The normalized spacial score (nSPS) is 21.3. The second-order valence-electron chi connectivity index (χ2n) is 6.88. The van der Waals surface area contributed by atoms with E-state index >= 15 is 0 Å². The summed E-state index contributed by atoms with van der Waals surface area (Å²) in [4.78, 5) is 16.7. The number of amides is 1. The van der Waals surface area contributed by atoms with Crippen molar-refractivity contribution in [2.24, 2.45) is 0 Å². The molecule has 1 N–H and O–H groups in total. The molecule has 0 bridgehead atoms. The van der Waals surface area contributed by atoms with Gasteiger partial charge in [-0.05, 0) is 37.1 Å². The lowest BCUT2D eigenvalue weighted by atomic mass is 10.1. The number of piperazine rings is 1. The summed E-state index contributed by atoms with van der Waals surface area (Å²) in [5.74, 6) is -0.112. The number of ether oxygens (including phenoxy) is 1. The Bertz CT molecular complexity index is 747. The lowest BCUT2D eigenvalue weighted by Crippen LogP contribution is -2.51. The fourth-order valence-corrected chi connectivity index (χ4v) is 3.64. The van der Waals surface area contributed by atoms with Gasteiger partial charge in [0.25, 0.3) is 5.91 Å². The maximum atomic E-state index is 13.1. The summed E-state index contributed by atoms with van der Waals surface area (Å²) in [6.45, 7) is 4.55. The number of nitrogens with zero attached hydrogens (tertiary/aromatic N) is 3. The Kier molecular flexibility index (Phi) is 4.99. The molecule has 0 aliphatic carbocycles. The molecule has 1 aromatic heterocycles. The Morgan fingerprint density at radius 1 is 1.23 bits per heavy atom. The molecule has 138 valence electrons. The first-order valence-corrected chi connectivity index (χ1v) is 9.11. The summed E-state index contributed by atoms with van der Waals surface area (Å²) in [6, 6.07) is 6.42. The highest BCUT2D eigenvalue weighted by Gasteiger charge is 2.30. The van der Waals surface area contributed by atoms with Gasteiger partial charge in [-0.3, -0.25) is 14.8 Å². The van der Waals surface area contributed by atoms with Crippen LogP contribution in [-0.4, -0.2) is 64.8 Å². The monoisotopic (exact) mass is 358 g/mol. The van der Waals surface area contributed by atoms with Crippen LogP contribution >= 0.6 is 0 Å². The predicted octanol–water partition coefficient (Wildman–Crippen LogP) is 2.04. The SMILES string of the molecule is O=C([C@H]1CCCO1)N1CCN(Cc2cn[nH]c2-c2ccc(F)cc2)CC1. The third-order valence-corrected chi connectivity index (χ3v) is 5.13. The zero-order chi connectivity index (χ0) is 17.9. The summed E-state index contributed by atoms with van der Waals surface area (Å²) >= 11 is 0. The summed E-state index contributed by atoms with van der Waals surface area (Å²) in [7, 11) is 0. The number of carbonyl (C=O) groups is 1. The van der Waals surface area contributed by atoms with Crippen molar-refractivity contribution >= 4 is 5.91 Å². The highest BCUT2D eigenvalue weighted by Crippen LogP contribution is 2.23. The molecule has 0 saturated carbocycles. The van der Waals surface area contributed by atoms with E-state index in [-0.39, 0.29) is 17.8 Å². The van der Waals surface area contributed by atoms with Gasteiger partial charge in [0.05, 0.1) is 11.9 Å². The molecule has 2 saturated heterocycles. The Balaban J connectivity index is 1.36. The summed E-state index contributed by atoms with van der Waals surface area (Å²) in [5.41, 5.74) is 2.92. The number of hydrogen-bond acceptors (Lipinski definition) is 4. The van der Waals surface area contributed by atoms with Crippen molar-refractivity contribution in [2.75, 3.05) is 32.8 Å². The first-order chi connectivity index (χ1) is 12.7. The average Bonchev–Trinajstić information content (AvgIpc) is 3.35. The van der Waals surface area contributed by atoms with E-state index in [0.29, 0.717) is 6.61 Å². The van der Waals surface area contributed by atoms with E-state index in [1.165, 1.54) is 12.1 Å². The first-order valence-electron chi connectivity index (χ1n) is 9.11. The van der Waals surface area contributed by atoms with Crippen molar-refractivity contribution in [1.29, 1.82) is 0 Å². The maximum absolute atomic E-state index is 13.1. The van der Waals surface area contributed by atoms with Gasteiger partial charge in [0.2, 0.25) is 0 Å². The van der Waals surface area contributed by atoms with Gasteiger partial charge in [0, 0.05) is 50.5 Å². The lowest BCUT2D eigenvalue weighted by molar-refractivity contribution is -0.142. The van der Waals surface area contributed by atoms with Crippen molar-refractivity contribution in [3.05, 3.63) is 41.8 Å². The van der Waals surface area contributed by atoms with Crippen LogP contribution in [0.3, 0.4) is 0 Å². The van der Waals surface area contributed by atoms with Crippen LogP contribution in [0.2, 0.25) is 0 Å².